The van der Waals surface area contributed by atoms with Gasteiger partial charge in [0.05, 0.1) is 5.02 Å². The smallest absolute Gasteiger partial charge is 0.274 e. The predicted octanol–water partition coefficient (Wildman–Crippen LogP) is 3.19. The summed E-state index contributed by atoms with van der Waals surface area (Å²) in [7, 11) is 4.01. The van der Waals surface area contributed by atoms with Crippen LogP contribution in [0.1, 0.15) is 22.6 Å². The highest BCUT2D eigenvalue weighted by Gasteiger charge is 2.12. The molecular formula is C17H21ClFN5O. The molecule has 1 heterocycles. The van der Waals surface area contributed by atoms with Crippen LogP contribution in [0.25, 0.3) is 0 Å². The van der Waals surface area contributed by atoms with E-state index in [0.29, 0.717) is 23.9 Å². The summed E-state index contributed by atoms with van der Waals surface area (Å²) in [4.78, 5) is 23.0. The van der Waals surface area contributed by atoms with Crippen LogP contribution in [-0.4, -0.2) is 48.0 Å². The molecule has 0 radical (unpaired) electrons. The fourth-order valence-electron chi connectivity index (χ4n) is 2.13. The summed E-state index contributed by atoms with van der Waals surface area (Å²) in [6, 6.07) is 5.57. The number of carbonyl (C=O) groups excluding carboxylic acids is 1. The van der Waals surface area contributed by atoms with Crippen LogP contribution in [0.3, 0.4) is 0 Å². The summed E-state index contributed by atoms with van der Waals surface area (Å²) >= 11 is 5.72. The third-order valence-corrected chi connectivity index (χ3v) is 3.62. The van der Waals surface area contributed by atoms with Crippen LogP contribution < -0.4 is 10.6 Å². The lowest BCUT2D eigenvalue weighted by Crippen LogP contribution is -2.19. The van der Waals surface area contributed by atoms with Crippen molar-refractivity contribution >= 4 is 29.1 Å². The Labute approximate surface area is 151 Å². The van der Waals surface area contributed by atoms with Crippen molar-refractivity contribution in [2.24, 2.45) is 0 Å². The number of rotatable bonds is 7. The van der Waals surface area contributed by atoms with E-state index in [1.54, 1.807) is 13.0 Å². The van der Waals surface area contributed by atoms with Crippen LogP contribution in [0.15, 0.2) is 24.3 Å². The lowest BCUT2D eigenvalue weighted by atomic mass is 10.2. The van der Waals surface area contributed by atoms with E-state index in [2.05, 4.69) is 25.5 Å². The van der Waals surface area contributed by atoms with Gasteiger partial charge in [0.1, 0.15) is 11.5 Å². The number of anilines is 2. The Balaban J connectivity index is 2.04. The Morgan fingerprint density at radius 2 is 2.04 bits per heavy atom. The molecule has 2 N–H and O–H groups in total. The molecular weight excluding hydrogens is 345 g/mol. The summed E-state index contributed by atoms with van der Waals surface area (Å²) in [6.07, 6.45) is 0.930. The van der Waals surface area contributed by atoms with E-state index in [9.17, 15) is 9.18 Å². The average Bonchev–Trinajstić information content (AvgIpc) is 2.54. The highest BCUT2D eigenvalue weighted by atomic mass is 35.5. The average molecular weight is 366 g/mol. The molecule has 1 aromatic heterocycles. The third-order valence-electron chi connectivity index (χ3n) is 3.33. The van der Waals surface area contributed by atoms with E-state index < -0.39 is 11.7 Å². The minimum Gasteiger partial charge on any atom is -0.354 e. The van der Waals surface area contributed by atoms with Crippen molar-refractivity contribution in [1.82, 2.24) is 14.9 Å². The van der Waals surface area contributed by atoms with Crippen LogP contribution in [0.2, 0.25) is 5.02 Å². The first kappa shape index (κ1) is 19.1. The highest BCUT2D eigenvalue weighted by Crippen LogP contribution is 2.20. The maximum absolute atomic E-state index is 13.2. The van der Waals surface area contributed by atoms with Crippen molar-refractivity contribution in [2.75, 3.05) is 37.8 Å². The molecule has 25 heavy (non-hydrogen) atoms. The second-order valence-electron chi connectivity index (χ2n) is 5.88. The molecule has 0 saturated carbocycles. The molecule has 0 aliphatic heterocycles. The largest absolute Gasteiger partial charge is 0.354 e. The Bertz CT molecular complexity index is 754. The van der Waals surface area contributed by atoms with Gasteiger partial charge in [0.2, 0.25) is 5.95 Å². The van der Waals surface area contributed by atoms with Crippen molar-refractivity contribution in [3.8, 4) is 0 Å². The number of aryl methyl sites for hydroxylation is 1. The monoisotopic (exact) mass is 365 g/mol. The van der Waals surface area contributed by atoms with E-state index in [4.69, 9.17) is 11.6 Å². The summed E-state index contributed by atoms with van der Waals surface area (Å²) < 4.78 is 13.2. The normalized spacial score (nSPS) is 10.8. The number of carbonyl (C=O) groups is 1. The molecule has 2 rings (SSSR count). The molecule has 0 spiro atoms. The molecule has 0 saturated heterocycles. The van der Waals surface area contributed by atoms with E-state index in [1.807, 2.05) is 14.1 Å². The summed E-state index contributed by atoms with van der Waals surface area (Å²) in [6.45, 7) is 3.44. The lowest BCUT2D eigenvalue weighted by molar-refractivity contribution is 0.102. The number of nitrogens with zero attached hydrogens (tertiary/aromatic N) is 3. The fourth-order valence-corrected chi connectivity index (χ4v) is 2.31. The molecule has 1 aromatic carbocycles. The molecule has 0 unspecified atom stereocenters. The van der Waals surface area contributed by atoms with Crippen molar-refractivity contribution in [1.29, 1.82) is 0 Å². The molecule has 0 atom stereocenters. The molecule has 2 aromatic rings. The predicted molar refractivity (Wildman–Crippen MR) is 97.8 cm³/mol. The Kier molecular flexibility index (Phi) is 6.66. The van der Waals surface area contributed by atoms with Gasteiger partial charge >= 0.3 is 0 Å². The van der Waals surface area contributed by atoms with Gasteiger partial charge in [-0.1, -0.05) is 11.6 Å². The van der Waals surface area contributed by atoms with E-state index in [1.165, 1.54) is 18.2 Å². The van der Waals surface area contributed by atoms with Gasteiger partial charge < -0.3 is 15.5 Å². The zero-order valence-electron chi connectivity index (χ0n) is 14.4. The molecule has 0 aliphatic carbocycles. The molecule has 6 nitrogen and oxygen atoms in total. The third kappa shape index (κ3) is 5.95. The van der Waals surface area contributed by atoms with Gasteiger partial charge in [0, 0.05) is 17.9 Å². The first-order chi connectivity index (χ1) is 11.8. The standard InChI is InChI=1S/C17H21ClFN5O/c1-11-9-15(23-17(21-11)20-7-4-8-24(2)3)16(25)22-12-5-6-14(19)13(18)10-12/h5-6,9-10H,4,7-8H2,1-3H3,(H,22,25)(H,20,21,23). The highest BCUT2D eigenvalue weighted by molar-refractivity contribution is 6.31. The zero-order valence-corrected chi connectivity index (χ0v) is 15.2. The zero-order chi connectivity index (χ0) is 18.4. The van der Waals surface area contributed by atoms with Crippen molar-refractivity contribution in [3.63, 3.8) is 0 Å². The first-order valence-electron chi connectivity index (χ1n) is 7.86. The minimum atomic E-state index is -0.540. The number of hydrogen-bond donors (Lipinski definition) is 2. The van der Waals surface area contributed by atoms with Crippen LogP contribution in [0, 0.1) is 12.7 Å². The maximum atomic E-state index is 13.2. The van der Waals surface area contributed by atoms with Crippen molar-refractivity contribution in [2.45, 2.75) is 13.3 Å². The molecule has 8 heteroatoms. The van der Waals surface area contributed by atoms with Gasteiger partial charge in [-0.2, -0.15) is 0 Å². The van der Waals surface area contributed by atoms with Crippen molar-refractivity contribution in [3.05, 3.63) is 46.5 Å². The minimum absolute atomic E-state index is 0.0556. The molecule has 134 valence electrons. The SMILES string of the molecule is Cc1cc(C(=O)Nc2ccc(F)c(Cl)c2)nc(NCCCN(C)C)n1. The summed E-state index contributed by atoms with van der Waals surface area (Å²) in [5, 5.41) is 5.71. The molecule has 0 fully saturated rings. The molecule has 1 amide bonds. The number of halogens is 2. The Morgan fingerprint density at radius 3 is 2.72 bits per heavy atom. The van der Waals surface area contributed by atoms with Gasteiger partial charge in [0.15, 0.2) is 0 Å². The van der Waals surface area contributed by atoms with Gasteiger partial charge in [-0.3, -0.25) is 4.79 Å². The Hall–Kier alpha value is -2.25. The number of hydrogen-bond acceptors (Lipinski definition) is 5. The Morgan fingerprint density at radius 1 is 1.28 bits per heavy atom. The fraction of sp³-hybridized carbons (Fsp3) is 0.353. The van der Waals surface area contributed by atoms with Crippen molar-refractivity contribution < 1.29 is 9.18 Å². The number of benzene rings is 1. The summed E-state index contributed by atoms with van der Waals surface area (Å²) in [5.41, 5.74) is 1.30. The number of nitrogens with one attached hydrogen (secondary N) is 2. The lowest BCUT2D eigenvalue weighted by Gasteiger charge is -2.11. The van der Waals surface area contributed by atoms with Crippen LogP contribution in [0.5, 0.6) is 0 Å². The second kappa shape index (κ2) is 8.73. The maximum Gasteiger partial charge on any atom is 0.274 e. The van der Waals surface area contributed by atoms with Crippen LogP contribution in [0.4, 0.5) is 16.0 Å². The van der Waals surface area contributed by atoms with Crippen LogP contribution >= 0.6 is 11.6 Å². The van der Waals surface area contributed by atoms with E-state index in [0.717, 1.165) is 13.0 Å². The van der Waals surface area contributed by atoms with Gasteiger partial charge in [-0.25, -0.2) is 14.4 Å². The molecule has 0 bridgehead atoms. The second-order valence-corrected chi connectivity index (χ2v) is 6.29. The van der Waals surface area contributed by atoms with Crippen LogP contribution in [-0.2, 0) is 0 Å². The van der Waals surface area contributed by atoms with Gasteiger partial charge in [-0.15, -0.1) is 0 Å². The van der Waals surface area contributed by atoms with Gasteiger partial charge in [-0.05, 0) is 58.3 Å². The first-order valence-corrected chi connectivity index (χ1v) is 8.23. The topological polar surface area (TPSA) is 70.2 Å². The van der Waals surface area contributed by atoms with E-state index >= 15 is 0 Å². The van der Waals surface area contributed by atoms with Gasteiger partial charge in [0.25, 0.3) is 5.91 Å². The number of aromatic nitrogens is 2. The van der Waals surface area contributed by atoms with E-state index in [-0.39, 0.29) is 10.7 Å². The number of amides is 1. The summed E-state index contributed by atoms with van der Waals surface area (Å²) in [5.74, 6) is -0.549. The molecule has 0 aliphatic rings. The quantitative estimate of drug-likeness (QED) is 0.737.